The number of amidine groups is 1. The van der Waals surface area contributed by atoms with Gasteiger partial charge in [0.25, 0.3) is 0 Å². The minimum absolute atomic E-state index is 0.0216. The molecule has 5 N–H and O–H groups in total. The van der Waals surface area contributed by atoms with Crippen molar-refractivity contribution in [2.75, 3.05) is 69.6 Å². The zero-order valence-electron chi connectivity index (χ0n) is 25.5. The Hall–Kier alpha value is -3.30. The third-order valence-electron chi connectivity index (χ3n) is 8.57. The predicted molar refractivity (Wildman–Crippen MR) is 170 cm³/mol. The number of hydrazone groups is 1. The van der Waals surface area contributed by atoms with Crippen LogP contribution in [-0.2, 0) is 10.3 Å². The Morgan fingerprint density at radius 1 is 0.976 bits per heavy atom. The minimum atomic E-state index is -0.0216. The van der Waals surface area contributed by atoms with Crippen LogP contribution in [0.2, 0.25) is 0 Å². The second-order valence-electron chi connectivity index (χ2n) is 11.7. The van der Waals surface area contributed by atoms with E-state index in [1.165, 1.54) is 11.3 Å². The van der Waals surface area contributed by atoms with Crippen LogP contribution in [0.15, 0.2) is 53.6 Å². The average Bonchev–Trinajstić information content (AvgIpc) is 3.01. The van der Waals surface area contributed by atoms with Crippen molar-refractivity contribution in [3.05, 3.63) is 59.7 Å². The number of nitrogens with zero attached hydrogens (tertiary/aromatic N) is 4. The van der Waals surface area contributed by atoms with Crippen LogP contribution in [0.4, 0.5) is 11.4 Å². The Labute approximate surface area is 246 Å². The number of rotatable bonds is 12. The lowest BCUT2D eigenvalue weighted by Gasteiger charge is -2.36. The third kappa shape index (κ3) is 8.60. The second kappa shape index (κ2) is 14.5. The standard InChI is InChI=1S/C32H50N8O/c1-5-35-37-31(33)25-8-12-27(13-9-25)36-28-16-19-40(20-17-28)30(41)7-6-18-38-21-23-39(24-22-38)29-14-10-26(11-15-29)32(2,3)34-4/h8-15,28,34-36H,5-7,16-24H2,1-4H3,(H2,33,37). The van der Waals surface area contributed by atoms with E-state index in [9.17, 15) is 4.79 Å². The number of nitrogens with one attached hydrogen (secondary N) is 3. The number of benzene rings is 2. The summed E-state index contributed by atoms with van der Waals surface area (Å²) >= 11 is 0. The smallest absolute Gasteiger partial charge is 0.222 e. The number of carbonyl (C=O) groups excluding carboxylic acids is 1. The van der Waals surface area contributed by atoms with Gasteiger partial charge in [-0.15, -0.1) is 0 Å². The van der Waals surface area contributed by atoms with Gasteiger partial charge in [-0.2, -0.15) is 5.10 Å². The molecule has 0 spiro atoms. The highest BCUT2D eigenvalue weighted by atomic mass is 16.2. The monoisotopic (exact) mass is 562 g/mol. The molecule has 0 saturated carbocycles. The molecule has 0 bridgehead atoms. The predicted octanol–water partition coefficient (Wildman–Crippen LogP) is 3.38. The number of piperidine rings is 1. The van der Waals surface area contributed by atoms with E-state index in [2.05, 4.69) is 74.0 Å². The molecule has 4 rings (SSSR count). The Balaban J connectivity index is 1.11. The maximum atomic E-state index is 12.9. The number of likely N-dealkylation sites (tertiary alicyclic amines) is 1. The van der Waals surface area contributed by atoms with Crippen LogP contribution in [0.25, 0.3) is 0 Å². The van der Waals surface area contributed by atoms with Gasteiger partial charge in [-0.05, 0) is 95.6 Å². The highest BCUT2D eigenvalue weighted by Gasteiger charge is 2.24. The van der Waals surface area contributed by atoms with Crippen molar-refractivity contribution in [2.45, 2.75) is 58.0 Å². The van der Waals surface area contributed by atoms with Crippen LogP contribution >= 0.6 is 0 Å². The summed E-state index contributed by atoms with van der Waals surface area (Å²) in [5.74, 6) is 0.786. The number of hydrogen-bond donors (Lipinski definition) is 4. The fraction of sp³-hybridized carbons (Fsp3) is 0.562. The van der Waals surface area contributed by atoms with Crippen molar-refractivity contribution < 1.29 is 4.79 Å². The molecule has 41 heavy (non-hydrogen) atoms. The molecule has 2 saturated heterocycles. The van der Waals surface area contributed by atoms with Gasteiger partial charge in [0.1, 0.15) is 0 Å². The lowest BCUT2D eigenvalue weighted by Crippen LogP contribution is -2.47. The van der Waals surface area contributed by atoms with E-state index < -0.39 is 0 Å². The van der Waals surface area contributed by atoms with E-state index >= 15 is 0 Å². The minimum Gasteiger partial charge on any atom is -0.382 e. The number of nitrogens with two attached hydrogens (primary N) is 1. The van der Waals surface area contributed by atoms with Crippen LogP contribution in [0.3, 0.4) is 0 Å². The second-order valence-corrected chi connectivity index (χ2v) is 11.7. The topological polar surface area (TPSA) is 101 Å². The molecule has 2 aliphatic heterocycles. The van der Waals surface area contributed by atoms with E-state index in [1.807, 2.05) is 38.2 Å². The van der Waals surface area contributed by atoms with Crippen molar-refractivity contribution in [1.29, 1.82) is 0 Å². The van der Waals surface area contributed by atoms with Crippen molar-refractivity contribution in [1.82, 2.24) is 20.5 Å². The summed E-state index contributed by atoms with van der Waals surface area (Å²) in [4.78, 5) is 19.9. The van der Waals surface area contributed by atoms with Gasteiger partial charge in [0.15, 0.2) is 5.84 Å². The van der Waals surface area contributed by atoms with Gasteiger partial charge in [-0.25, -0.2) is 0 Å². The first-order chi connectivity index (χ1) is 19.8. The van der Waals surface area contributed by atoms with E-state index in [0.29, 0.717) is 24.2 Å². The third-order valence-corrected chi connectivity index (χ3v) is 8.57. The lowest BCUT2D eigenvalue weighted by atomic mass is 9.94. The summed E-state index contributed by atoms with van der Waals surface area (Å²) in [6, 6.07) is 17.4. The molecule has 9 nitrogen and oxygen atoms in total. The van der Waals surface area contributed by atoms with Crippen molar-refractivity contribution >= 4 is 23.1 Å². The summed E-state index contributed by atoms with van der Waals surface area (Å²) in [5, 5.41) is 11.1. The molecule has 224 valence electrons. The SMILES string of the molecule is CCN/N=C(\N)c1ccc(NC2CCN(C(=O)CCCN3CCN(c4ccc(C(C)(C)NC)cc4)CC3)CC2)cc1. The maximum absolute atomic E-state index is 12.9. The largest absolute Gasteiger partial charge is 0.382 e. The van der Waals surface area contributed by atoms with Gasteiger partial charge in [0, 0.05) is 80.8 Å². The maximum Gasteiger partial charge on any atom is 0.222 e. The van der Waals surface area contributed by atoms with Crippen LogP contribution in [0.1, 0.15) is 57.6 Å². The van der Waals surface area contributed by atoms with Gasteiger partial charge in [-0.3, -0.25) is 9.69 Å². The van der Waals surface area contributed by atoms with Crippen molar-refractivity contribution in [3.8, 4) is 0 Å². The van der Waals surface area contributed by atoms with Gasteiger partial charge in [0.2, 0.25) is 5.91 Å². The molecule has 2 fully saturated rings. The van der Waals surface area contributed by atoms with Crippen LogP contribution in [0.5, 0.6) is 0 Å². The molecule has 2 heterocycles. The van der Waals surface area contributed by atoms with E-state index in [4.69, 9.17) is 5.73 Å². The number of hydrogen-bond acceptors (Lipinski definition) is 7. The van der Waals surface area contributed by atoms with E-state index in [1.54, 1.807) is 0 Å². The zero-order valence-corrected chi connectivity index (χ0v) is 25.5. The summed E-state index contributed by atoms with van der Waals surface area (Å²) in [6.07, 6.45) is 3.50. The number of amides is 1. The number of anilines is 2. The van der Waals surface area contributed by atoms with Gasteiger partial charge >= 0.3 is 0 Å². The van der Waals surface area contributed by atoms with Crippen LogP contribution < -0.4 is 26.7 Å². The molecule has 0 unspecified atom stereocenters. The molecule has 2 aromatic carbocycles. The fourth-order valence-corrected chi connectivity index (χ4v) is 5.55. The molecule has 2 aromatic rings. The molecule has 1 amide bonds. The Kier molecular flexibility index (Phi) is 10.9. The molecular formula is C32H50N8O. The van der Waals surface area contributed by atoms with Gasteiger partial charge in [-0.1, -0.05) is 12.1 Å². The average molecular weight is 563 g/mol. The first-order valence-corrected chi connectivity index (χ1v) is 15.3. The Bertz CT molecular complexity index is 1120. The summed E-state index contributed by atoms with van der Waals surface area (Å²) in [7, 11) is 2.00. The first kappa shape index (κ1) is 30.7. The molecule has 0 aliphatic carbocycles. The molecule has 2 aliphatic rings. The van der Waals surface area contributed by atoms with Crippen molar-refractivity contribution in [3.63, 3.8) is 0 Å². The summed E-state index contributed by atoms with van der Waals surface area (Å²) in [6.45, 7) is 13.9. The van der Waals surface area contributed by atoms with Crippen LogP contribution in [0, 0.1) is 0 Å². The lowest BCUT2D eigenvalue weighted by molar-refractivity contribution is -0.132. The zero-order chi connectivity index (χ0) is 29.2. The molecule has 9 heteroatoms. The van der Waals surface area contributed by atoms with Crippen molar-refractivity contribution in [2.24, 2.45) is 10.8 Å². The fourth-order valence-electron chi connectivity index (χ4n) is 5.55. The molecule has 0 aromatic heterocycles. The van der Waals surface area contributed by atoms with E-state index in [0.717, 1.165) is 82.9 Å². The van der Waals surface area contributed by atoms with Gasteiger partial charge < -0.3 is 31.6 Å². The highest BCUT2D eigenvalue weighted by Crippen LogP contribution is 2.24. The molecule has 0 atom stereocenters. The van der Waals surface area contributed by atoms with Gasteiger partial charge in [0.05, 0.1) is 0 Å². The summed E-state index contributed by atoms with van der Waals surface area (Å²) in [5.41, 5.74) is 13.4. The quantitative estimate of drug-likeness (QED) is 0.179. The molecular weight excluding hydrogens is 512 g/mol. The number of carbonyl (C=O) groups is 1. The van der Waals surface area contributed by atoms with E-state index in [-0.39, 0.29) is 5.54 Å². The Morgan fingerprint density at radius 2 is 1.63 bits per heavy atom. The van der Waals surface area contributed by atoms with Crippen LogP contribution in [-0.4, -0.2) is 87.0 Å². The summed E-state index contributed by atoms with van der Waals surface area (Å²) < 4.78 is 0. The first-order valence-electron chi connectivity index (χ1n) is 15.3. The highest BCUT2D eigenvalue weighted by molar-refractivity contribution is 5.97. The Morgan fingerprint density at radius 3 is 2.24 bits per heavy atom. The number of piperazine rings is 1. The normalized spacial score (nSPS) is 17.5. The molecule has 0 radical (unpaired) electrons.